The van der Waals surface area contributed by atoms with Crippen LogP contribution in [0.4, 0.5) is 14.5 Å². The third kappa shape index (κ3) is 4.15. The number of carbonyl (C=O) groups excluding carboxylic acids is 2. The first-order chi connectivity index (χ1) is 16.5. The number of halogens is 2. The van der Waals surface area contributed by atoms with Crippen molar-refractivity contribution < 1.29 is 23.1 Å². The van der Waals surface area contributed by atoms with E-state index in [0.29, 0.717) is 44.7 Å². The van der Waals surface area contributed by atoms with Gasteiger partial charge in [0.1, 0.15) is 23.4 Å². The lowest BCUT2D eigenvalue weighted by Gasteiger charge is -2.43. The minimum absolute atomic E-state index is 0.132. The number of para-hydroxylation sites is 1. The van der Waals surface area contributed by atoms with Crippen LogP contribution in [-0.2, 0) is 9.53 Å². The van der Waals surface area contributed by atoms with Crippen LogP contribution in [0.5, 0.6) is 0 Å². The van der Waals surface area contributed by atoms with E-state index in [1.807, 2.05) is 4.90 Å². The van der Waals surface area contributed by atoms with Crippen molar-refractivity contribution in [2.45, 2.75) is 43.9 Å². The maximum atomic E-state index is 14.2. The molecule has 1 aliphatic carbocycles. The van der Waals surface area contributed by atoms with Gasteiger partial charge in [-0.2, -0.15) is 0 Å². The van der Waals surface area contributed by atoms with Crippen molar-refractivity contribution in [2.75, 3.05) is 37.7 Å². The van der Waals surface area contributed by atoms with Gasteiger partial charge in [-0.25, -0.2) is 8.78 Å². The molecule has 0 bridgehead atoms. The van der Waals surface area contributed by atoms with Crippen LogP contribution in [0.2, 0.25) is 0 Å². The minimum atomic E-state index is -0.822. The lowest BCUT2D eigenvalue weighted by atomic mass is 9.89. The molecule has 0 N–H and O–H groups in total. The highest BCUT2D eigenvalue weighted by Gasteiger charge is 2.53. The first-order valence-electron chi connectivity index (χ1n) is 12.0. The van der Waals surface area contributed by atoms with Gasteiger partial charge in [0.25, 0.3) is 5.91 Å². The fourth-order valence-corrected chi connectivity index (χ4v) is 5.51. The first kappa shape index (κ1) is 22.8. The highest BCUT2D eigenvalue weighted by molar-refractivity contribution is 5.98. The molecule has 1 atom stereocenters. The fraction of sp³-hybridized carbons (Fsp3) is 0.462. The number of nitrogens with zero attached hydrogens (tertiary/aromatic N) is 3. The SMILES string of the molecule is O=C(C1COC2(CCCCC2)N1C(=O)c1cccc(F)c1)N1CCN(c2ccccc2F)CC1. The Morgan fingerprint density at radius 1 is 0.912 bits per heavy atom. The van der Waals surface area contributed by atoms with E-state index < -0.39 is 17.6 Å². The van der Waals surface area contributed by atoms with Gasteiger partial charge >= 0.3 is 0 Å². The molecule has 2 heterocycles. The smallest absolute Gasteiger partial charge is 0.256 e. The zero-order valence-corrected chi connectivity index (χ0v) is 19.1. The molecule has 8 heteroatoms. The molecule has 2 amide bonds. The second-order valence-corrected chi connectivity index (χ2v) is 9.28. The van der Waals surface area contributed by atoms with Crippen molar-refractivity contribution in [3.05, 3.63) is 65.7 Å². The molecule has 1 saturated carbocycles. The Morgan fingerprint density at radius 2 is 1.65 bits per heavy atom. The second kappa shape index (κ2) is 9.33. The monoisotopic (exact) mass is 469 g/mol. The number of hydrogen-bond donors (Lipinski definition) is 0. The van der Waals surface area contributed by atoms with Crippen molar-refractivity contribution in [2.24, 2.45) is 0 Å². The van der Waals surface area contributed by atoms with Gasteiger partial charge in [0.05, 0.1) is 12.3 Å². The summed E-state index contributed by atoms with van der Waals surface area (Å²) in [5, 5.41) is 0. The van der Waals surface area contributed by atoms with Crippen LogP contribution in [0.3, 0.4) is 0 Å². The summed E-state index contributed by atoms with van der Waals surface area (Å²) in [6, 6.07) is 11.5. The number of anilines is 1. The molecule has 3 fully saturated rings. The number of piperazine rings is 1. The van der Waals surface area contributed by atoms with Crippen LogP contribution in [0.15, 0.2) is 48.5 Å². The minimum Gasteiger partial charge on any atom is -0.366 e. The fourth-order valence-electron chi connectivity index (χ4n) is 5.51. The summed E-state index contributed by atoms with van der Waals surface area (Å²) < 4.78 is 34.3. The van der Waals surface area contributed by atoms with Crippen LogP contribution in [0, 0.1) is 11.6 Å². The quantitative estimate of drug-likeness (QED) is 0.686. The van der Waals surface area contributed by atoms with E-state index in [4.69, 9.17) is 4.74 Å². The van der Waals surface area contributed by atoms with E-state index in [1.54, 1.807) is 34.1 Å². The van der Waals surface area contributed by atoms with E-state index in [-0.39, 0.29) is 29.8 Å². The molecule has 180 valence electrons. The number of ether oxygens (including phenoxy) is 1. The van der Waals surface area contributed by atoms with Crippen molar-refractivity contribution in [3.63, 3.8) is 0 Å². The molecular formula is C26H29F2N3O3. The highest BCUT2D eigenvalue weighted by atomic mass is 19.1. The molecule has 1 spiro atoms. The molecule has 0 aromatic heterocycles. The average Bonchev–Trinajstić information content (AvgIpc) is 3.22. The third-order valence-corrected chi connectivity index (χ3v) is 7.26. The third-order valence-electron chi connectivity index (χ3n) is 7.26. The lowest BCUT2D eigenvalue weighted by molar-refractivity contribution is -0.137. The molecule has 0 radical (unpaired) electrons. The number of benzene rings is 2. The van der Waals surface area contributed by atoms with Gasteiger partial charge in [-0.05, 0) is 56.0 Å². The van der Waals surface area contributed by atoms with Crippen molar-refractivity contribution in [1.29, 1.82) is 0 Å². The lowest BCUT2D eigenvalue weighted by Crippen LogP contribution is -2.59. The van der Waals surface area contributed by atoms with Gasteiger partial charge in [-0.3, -0.25) is 14.5 Å². The average molecular weight is 470 g/mol. The second-order valence-electron chi connectivity index (χ2n) is 9.28. The Bertz CT molecular complexity index is 1060. The molecular weight excluding hydrogens is 440 g/mol. The summed E-state index contributed by atoms with van der Waals surface area (Å²) in [4.78, 5) is 32.5. The maximum Gasteiger partial charge on any atom is 0.256 e. The molecule has 2 aromatic carbocycles. The zero-order valence-electron chi connectivity index (χ0n) is 19.1. The molecule has 2 aromatic rings. The molecule has 3 aliphatic rings. The van der Waals surface area contributed by atoms with Crippen LogP contribution < -0.4 is 4.90 Å². The van der Waals surface area contributed by atoms with Gasteiger partial charge in [0.2, 0.25) is 5.91 Å². The summed E-state index contributed by atoms with van der Waals surface area (Å²) in [6.07, 6.45) is 4.21. The van der Waals surface area contributed by atoms with Gasteiger partial charge in [-0.15, -0.1) is 0 Å². The largest absolute Gasteiger partial charge is 0.366 e. The van der Waals surface area contributed by atoms with Gasteiger partial charge in [-0.1, -0.05) is 24.6 Å². The first-order valence-corrected chi connectivity index (χ1v) is 12.0. The Morgan fingerprint density at radius 3 is 2.35 bits per heavy atom. The number of hydrogen-bond acceptors (Lipinski definition) is 4. The number of rotatable bonds is 3. The predicted molar refractivity (Wildman–Crippen MR) is 123 cm³/mol. The topological polar surface area (TPSA) is 53.1 Å². The van der Waals surface area contributed by atoms with Crippen molar-refractivity contribution >= 4 is 17.5 Å². The Hall–Kier alpha value is -3.00. The Kier molecular flexibility index (Phi) is 6.25. The van der Waals surface area contributed by atoms with Gasteiger partial charge in [0.15, 0.2) is 0 Å². The zero-order chi connectivity index (χ0) is 23.7. The molecule has 1 unspecified atom stereocenters. The van der Waals surface area contributed by atoms with Gasteiger partial charge in [0, 0.05) is 31.7 Å². The molecule has 6 nitrogen and oxygen atoms in total. The summed E-state index contributed by atoms with van der Waals surface area (Å²) in [6.45, 7) is 2.00. The van der Waals surface area contributed by atoms with Crippen LogP contribution in [0.1, 0.15) is 42.5 Å². The van der Waals surface area contributed by atoms with Gasteiger partial charge < -0.3 is 14.5 Å². The predicted octanol–water partition coefficient (Wildman–Crippen LogP) is 3.82. The van der Waals surface area contributed by atoms with E-state index in [9.17, 15) is 18.4 Å². The van der Waals surface area contributed by atoms with E-state index >= 15 is 0 Å². The number of carbonyl (C=O) groups is 2. The summed E-state index contributed by atoms with van der Waals surface area (Å²) >= 11 is 0. The highest BCUT2D eigenvalue weighted by Crippen LogP contribution is 2.42. The normalized spacial score (nSPS) is 22.3. The van der Waals surface area contributed by atoms with E-state index in [0.717, 1.165) is 19.3 Å². The van der Waals surface area contributed by atoms with Crippen molar-refractivity contribution in [3.8, 4) is 0 Å². The molecule has 2 aliphatic heterocycles. The molecule has 5 rings (SSSR count). The summed E-state index contributed by atoms with van der Waals surface area (Å²) in [5.41, 5.74) is -0.0720. The molecule has 2 saturated heterocycles. The van der Waals surface area contributed by atoms with E-state index in [1.165, 1.54) is 24.3 Å². The van der Waals surface area contributed by atoms with Crippen LogP contribution in [-0.4, -0.2) is 66.2 Å². The summed E-state index contributed by atoms with van der Waals surface area (Å²) in [7, 11) is 0. The van der Waals surface area contributed by atoms with Crippen molar-refractivity contribution in [1.82, 2.24) is 9.80 Å². The number of amides is 2. The standard InChI is InChI=1S/C26H29F2N3O3/c27-20-8-6-7-19(17-20)24(32)31-23(18-34-26(31)11-4-1-5-12-26)25(33)30-15-13-29(14-16-30)22-10-3-2-9-21(22)28/h2-3,6-10,17,23H,1,4-5,11-16,18H2. The Balaban J connectivity index is 1.36. The van der Waals surface area contributed by atoms with Crippen LogP contribution in [0.25, 0.3) is 0 Å². The van der Waals surface area contributed by atoms with E-state index in [2.05, 4.69) is 0 Å². The van der Waals surface area contributed by atoms with Crippen LogP contribution >= 0.6 is 0 Å². The maximum absolute atomic E-state index is 14.2. The Labute approximate surface area is 198 Å². The molecule has 34 heavy (non-hydrogen) atoms. The summed E-state index contributed by atoms with van der Waals surface area (Å²) in [5.74, 6) is -1.31.